The first kappa shape index (κ1) is 14.5. The average molecular weight is 291 g/mol. The molecule has 5 nitrogen and oxygen atoms in total. The summed E-state index contributed by atoms with van der Waals surface area (Å²) in [5.41, 5.74) is 4.57. The Balaban J connectivity index is 1.93. The van der Waals surface area contributed by atoms with Crippen LogP contribution in [-0.4, -0.2) is 24.6 Å². The van der Waals surface area contributed by atoms with Crippen LogP contribution in [-0.2, 0) is 9.53 Å². The second-order valence-electron chi connectivity index (χ2n) is 4.34. The molecule has 1 atom stereocenters. The molecule has 0 aliphatic rings. The molecule has 1 aromatic heterocycles. The first-order valence-corrected chi connectivity index (χ1v) is 7.17. The Morgan fingerprint density at radius 3 is 2.65 bits per heavy atom. The summed E-state index contributed by atoms with van der Waals surface area (Å²) >= 11 is 1.58. The first-order valence-electron chi connectivity index (χ1n) is 6.22. The number of thiazole rings is 1. The minimum Gasteiger partial charge on any atom is -0.377 e. The zero-order chi connectivity index (χ0) is 14.4. The summed E-state index contributed by atoms with van der Waals surface area (Å²) in [6, 6.07) is 7.69. The molecule has 1 amide bonds. The van der Waals surface area contributed by atoms with E-state index < -0.39 is 0 Å². The number of amides is 1. The smallest absolute Gasteiger partial charge is 0.250 e. The fourth-order valence-electron chi connectivity index (χ4n) is 1.74. The lowest BCUT2D eigenvalue weighted by atomic mass is 10.2. The van der Waals surface area contributed by atoms with Gasteiger partial charge in [0.1, 0.15) is 6.61 Å². The van der Waals surface area contributed by atoms with Gasteiger partial charge in [-0.15, -0.1) is 11.3 Å². The number of nitrogens with zero attached hydrogens (tertiary/aromatic N) is 1. The number of benzene rings is 1. The molecule has 0 fully saturated rings. The third-order valence-corrected chi connectivity index (χ3v) is 3.33. The van der Waals surface area contributed by atoms with Gasteiger partial charge in [-0.2, -0.15) is 0 Å². The standard InChI is InChI=1S/C14H17N3O2S/c1-10(13-8-20-9-15-13)16-11-3-5-12(6-4-11)17-14(18)7-19-2/h3-6,8-10,16H,7H2,1-2H3,(H,17,18). The molecule has 6 heteroatoms. The lowest BCUT2D eigenvalue weighted by molar-refractivity contribution is -0.119. The Hall–Kier alpha value is -1.92. The Kier molecular flexibility index (Phi) is 5.09. The van der Waals surface area contributed by atoms with Crippen molar-refractivity contribution in [1.82, 2.24) is 4.98 Å². The zero-order valence-corrected chi connectivity index (χ0v) is 12.2. The van der Waals surface area contributed by atoms with Crippen molar-refractivity contribution in [2.24, 2.45) is 0 Å². The Bertz CT molecular complexity index is 540. The van der Waals surface area contributed by atoms with Crippen LogP contribution in [0.1, 0.15) is 18.7 Å². The quantitative estimate of drug-likeness (QED) is 0.859. The molecule has 0 aliphatic heterocycles. The minimum absolute atomic E-state index is 0.0564. The van der Waals surface area contributed by atoms with E-state index in [1.54, 1.807) is 11.3 Å². The van der Waals surface area contributed by atoms with E-state index in [1.807, 2.05) is 35.2 Å². The third kappa shape index (κ3) is 4.04. The van der Waals surface area contributed by atoms with Crippen molar-refractivity contribution in [3.63, 3.8) is 0 Å². The van der Waals surface area contributed by atoms with Gasteiger partial charge >= 0.3 is 0 Å². The Morgan fingerprint density at radius 2 is 2.05 bits per heavy atom. The molecule has 0 radical (unpaired) electrons. The van der Waals surface area contributed by atoms with Crippen molar-refractivity contribution in [2.45, 2.75) is 13.0 Å². The maximum Gasteiger partial charge on any atom is 0.250 e. The number of carbonyl (C=O) groups is 1. The molecule has 0 aliphatic carbocycles. The van der Waals surface area contributed by atoms with Gasteiger partial charge < -0.3 is 15.4 Å². The normalized spacial score (nSPS) is 11.9. The monoisotopic (exact) mass is 291 g/mol. The minimum atomic E-state index is -0.163. The van der Waals surface area contributed by atoms with Crippen molar-refractivity contribution in [1.29, 1.82) is 0 Å². The fraction of sp³-hybridized carbons (Fsp3) is 0.286. The van der Waals surface area contributed by atoms with E-state index in [0.29, 0.717) is 0 Å². The highest BCUT2D eigenvalue weighted by Gasteiger charge is 2.07. The molecular weight excluding hydrogens is 274 g/mol. The second kappa shape index (κ2) is 7.02. The molecule has 1 heterocycles. The van der Waals surface area contributed by atoms with E-state index in [-0.39, 0.29) is 18.6 Å². The van der Waals surface area contributed by atoms with Crippen LogP contribution in [0.15, 0.2) is 35.2 Å². The first-order chi connectivity index (χ1) is 9.69. The summed E-state index contributed by atoms with van der Waals surface area (Å²) in [4.78, 5) is 15.6. The van der Waals surface area contributed by atoms with Gasteiger partial charge in [-0.1, -0.05) is 0 Å². The van der Waals surface area contributed by atoms with Crippen molar-refractivity contribution in [2.75, 3.05) is 24.4 Å². The highest BCUT2D eigenvalue weighted by molar-refractivity contribution is 7.07. The SMILES string of the molecule is COCC(=O)Nc1ccc(NC(C)c2cscn2)cc1. The van der Waals surface area contributed by atoms with Crippen molar-refractivity contribution < 1.29 is 9.53 Å². The van der Waals surface area contributed by atoms with Gasteiger partial charge in [0.2, 0.25) is 5.91 Å². The van der Waals surface area contributed by atoms with Crippen LogP contribution in [0.5, 0.6) is 0 Å². The van der Waals surface area contributed by atoms with Crippen molar-refractivity contribution in [3.05, 3.63) is 40.8 Å². The van der Waals surface area contributed by atoms with E-state index in [1.165, 1.54) is 7.11 Å². The Morgan fingerprint density at radius 1 is 1.35 bits per heavy atom. The number of carbonyl (C=O) groups excluding carboxylic acids is 1. The van der Waals surface area contributed by atoms with Crippen LogP contribution in [0.2, 0.25) is 0 Å². The fourth-order valence-corrected chi connectivity index (χ4v) is 2.39. The number of hydrogen-bond acceptors (Lipinski definition) is 5. The topological polar surface area (TPSA) is 63.2 Å². The highest BCUT2D eigenvalue weighted by atomic mass is 32.1. The predicted molar refractivity (Wildman–Crippen MR) is 81.1 cm³/mol. The van der Waals surface area contributed by atoms with Gasteiger partial charge in [0.25, 0.3) is 0 Å². The number of nitrogens with one attached hydrogen (secondary N) is 2. The van der Waals surface area contributed by atoms with Crippen LogP contribution < -0.4 is 10.6 Å². The van der Waals surface area contributed by atoms with Gasteiger partial charge in [0.05, 0.1) is 17.2 Å². The maximum atomic E-state index is 11.4. The number of methoxy groups -OCH3 is 1. The van der Waals surface area contributed by atoms with E-state index in [0.717, 1.165) is 17.1 Å². The molecule has 0 saturated heterocycles. The molecular formula is C14H17N3O2S. The number of ether oxygens (including phenoxy) is 1. The predicted octanol–water partition coefficient (Wildman–Crippen LogP) is 2.90. The van der Waals surface area contributed by atoms with Crippen molar-refractivity contribution in [3.8, 4) is 0 Å². The molecule has 0 saturated carbocycles. The van der Waals surface area contributed by atoms with Gasteiger partial charge in [0, 0.05) is 23.9 Å². The van der Waals surface area contributed by atoms with Gasteiger partial charge in [0.15, 0.2) is 0 Å². The molecule has 2 aromatic rings. The lowest BCUT2D eigenvalue weighted by Gasteiger charge is -2.13. The van der Waals surface area contributed by atoms with Gasteiger partial charge in [-0.05, 0) is 31.2 Å². The van der Waals surface area contributed by atoms with Crippen LogP contribution in [0.25, 0.3) is 0 Å². The molecule has 1 unspecified atom stereocenters. The molecule has 0 spiro atoms. The van der Waals surface area contributed by atoms with E-state index >= 15 is 0 Å². The number of hydrogen-bond donors (Lipinski definition) is 2. The summed E-state index contributed by atoms with van der Waals surface area (Å²) in [6.45, 7) is 2.12. The van der Waals surface area contributed by atoms with Gasteiger partial charge in [-0.25, -0.2) is 4.98 Å². The molecule has 0 bridgehead atoms. The largest absolute Gasteiger partial charge is 0.377 e. The van der Waals surface area contributed by atoms with E-state index in [9.17, 15) is 4.79 Å². The molecule has 2 N–H and O–H groups in total. The van der Waals surface area contributed by atoms with Crippen molar-refractivity contribution >= 4 is 28.6 Å². The summed E-state index contributed by atoms with van der Waals surface area (Å²) in [5, 5.41) is 8.13. The Labute approximate surface area is 122 Å². The molecule has 2 rings (SSSR count). The number of rotatable bonds is 6. The maximum absolute atomic E-state index is 11.4. The summed E-state index contributed by atoms with van der Waals surface area (Å²) in [7, 11) is 1.49. The highest BCUT2D eigenvalue weighted by Crippen LogP contribution is 2.20. The van der Waals surface area contributed by atoms with Crippen LogP contribution >= 0.6 is 11.3 Å². The second-order valence-corrected chi connectivity index (χ2v) is 5.06. The zero-order valence-electron chi connectivity index (χ0n) is 11.4. The molecule has 106 valence electrons. The summed E-state index contributed by atoms with van der Waals surface area (Å²) < 4.78 is 4.76. The molecule has 1 aromatic carbocycles. The van der Waals surface area contributed by atoms with E-state index in [2.05, 4.69) is 22.5 Å². The third-order valence-electron chi connectivity index (χ3n) is 2.72. The van der Waals surface area contributed by atoms with Crippen LogP contribution in [0.4, 0.5) is 11.4 Å². The van der Waals surface area contributed by atoms with E-state index in [4.69, 9.17) is 4.74 Å². The van der Waals surface area contributed by atoms with Crippen LogP contribution in [0.3, 0.4) is 0 Å². The average Bonchev–Trinajstić information content (AvgIpc) is 2.95. The lowest BCUT2D eigenvalue weighted by Crippen LogP contribution is -2.17. The van der Waals surface area contributed by atoms with Gasteiger partial charge in [-0.3, -0.25) is 4.79 Å². The van der Waals surface area contributed by atoms with Crippen LogP contribution in [0, 0.1) is 0 Å². The number of anilines is 2. The summed E-state index contributed by atoms with van der Waals surface area (Å²) in [6.07, 6.45) is 0. The molecule has 20 heavy (non-hydrogen) atoms. The summed E-state index contributed by atoms with van der Waals surface area (Å²) in [5.74, 6) is -0.163. The number of aromatic nitrogens is 1.